The van der Waals surface area contributed by atoms with Gasteiger partial charge in [-0.3, -0.25) is 4.68 Å². The van der Waals surface area contributed by atoms with Crippen LogP contribution < -0.4 is 20.8 Å². The second kappa shape index (κ2) is 9.67. The molecule has 8 nitrogen and oxygen atoms in total. The van der Waals surface area contributed by atoms with Crippen LogP contribution in [-0.2, 0) is 7.05 Å². The quantitative estimate of drug-likeness (QED) is 0.299. The lowest BCUT2D eigenvalue weighted by atomic mass is 9.60. The van der Waals surface area contributed by atoms with Gasteiger partial charge in [0.05, 0.1) is 11.7 Å². The van der Waals surface area contributed by atoms with Crippen LogP contribution in [0.5, 0.6) is 0 Å². The minimum atomic E-state index is -0.276. The van der Waals surface area contributed by atoms with Gasteiger partial charge in [0.25, 0.3) is 0 Å². The van der Waals surface area contributed by atoms with Crippen LogP contribution in [0, 0.1) is 5.41 Å². The Morgan fingerprint density at radius 1 is 1.08 bits per heavy atom. The van der Waals surface area contributed by atoms with E-state index in [2.05, 4.69) is 94.2 Å². The number of fused-ring (bicyclic) bond motifs is 1. The molecule has 2 N–H and O–H groups in total. The average Bonchev–Trinajstić information content (AvgIpc) is 3.14. The highest BCUT2D eigenvalue weighted by molar-refractivity contribution is 7.64. The molecule has 1 aliphatic heterocycles. The second-order valence-corrected chi connectivity index (χ2v) is 13.8. The molecule has 2 aromatic carbocycles. The van der Waals surface area contributed by atoms with E-state index in [-0.39, 0.29) is 7.92 Å². The molecule has 0 amide bonds. The number of halogens is 1. The van der Waals surface area contributed by atoms with Crippen LogP contribution >= 0.6 is 19.5 Å². The molecule has 0 unspecified atom stereocenters. The minimum absolute atomic E-state index is 0.276. The third kappa shape index (κ3) is 4.59. The molecule has 6 rings (SSSR count). The van der Waals surface area contributed by atoms with E-state index in [1.54, 1.807) is 6.20 Å². The predicted octanol–water partition coefficient (Wildman–Crippen LogP) is 5.40. The summed E-state index contributed by atoms with van der Waals surface area (Å²) < 4.78 is 2.01. The molecule has 38 heavy (non-hydrogen) atoms. The molecule has 0 bridgehead atoms. The summed E-state index contributed by atoms with van der Waals surface area (Å²) in [5.74, 6) is 2.25. The van der Waals surface area contributed by atoms with Gasteiger partial charge in [-0.15, -0.1) is 0 Å². The fourth-order valence-electron chi connectivity index (χ4n) is 5.86. The largest absolute Gasteiger partial charge is 0.355 e. The van der Waals surface area contributed by atoms with Crippen molar-refractivity contribution in [2.75, 3.05) is 56.0 Å². The van der Waals surface area contributed by atoms with Gasteiger partial charge in [-0.2, -0.15) is 10.1 Å². The lowest BCUT2D eigenvalue weighted by Gasteiger charge is -2.61. The van der Waals surface area contributed by atoms with Crippen molar-refractivity contribution in [2.24, 2.45) is 12.5 Å². The fraction of sp³-hybridized carbons (Fsp3) is 0.393. The maximum absolute atomic E-state index is 6.46. The van der Waals surface area contributed by atoms with Crippen LogP contribution in [0.3, 0.4) is 0 Å². The van der Waals surface area contributed by atoms with Crippen LogP contribution in [-0.4, -0.2) is 71.2 Å². The van der Waals surface area contributed by atoms with Crippen molar-refractivity contribution < 1.29 is 0 Å². The lowest BCUT2D eigenvalue weighted by molar-refractivity contribution is 0.000749. The summed E-state index contributed by atoms with van der Waals surface area (Å²) >= 11 is 6.46. The van der Waals surface area contributed by atoms with Gasteiger partial charge in [0.15, 0.2) is 5.82 Å². The van der Waals surface area contributed by atoms with Crippen LogP contribution in [0.25, 0.3) is 10.9 Å². The van der Waals surface area contributed by atoms with Crippen molar-refractivity contribution in [2.45, 2.75) is 18.9 Å². The smallest absolute Gasteiger partial charge is 0.229 e. The van der Waals surface area contributed by atoms with Gasteiger partial charge in [-0.25, -0.2) is 4.98 Å². The first-order valence-electron chi connectivity index (χ1n) is 12.9. The van der Waals surface area contributed by atoms with Crippen LogP contribution in [0.1, 0.15) is 12.8 Å². The zero-order valence-electron chi connectivity index (χ0n) is 22.5. The molecule has 1 aliphatic carbocycles. The van der Waals surface area contributed by atoms with Crippen LogP contribution in [0.15, 0.2) is 48.7 Å². The molecule has 0 radical (unpaired) electrons. The van der Waals surface area contributed by atoms with Gasteiger partial charge in [0.2, 0.25) is 5.95 Å². The number of aryl methyl sites for hydroxylation is 1. The van der Waals surface area contributed by atoms with Crippen molar-refractivity contribution in [3.05, 3.63) is 53.7 Å². The Labute approximate surface area is 230 Å². The van der Waals surface area contributed by atoms with Gasteiger partial charge in [0.1, 0.15) is 10.8 Å². The molecule has 1 saturated heterocycles. The number of hydrogen-bond donors (Lipinski definition) is 2. The highest BCUT2D eigenvalue weighted by Crippen LogP contribution is 2.51. The number of para-hydroxylation sites is 1. The number of rotatable bonds is 7. The lowest BCUT2D eigenvalue weighted by Crippen LogP contribution is -2.66. The molecule has 1 spiro atoms. The zero-order valence-corrected chi connectivity index (χ0v) is 24.2. The summed E-state index contributed by atoms with van der Waals surface area (Å²) in [5.41, 5.74) is 3.34. The van der Waals surface area contributed by atoms with E-state index < -0.39 is 0 Å². The number of hydrogen-bond acceptors (Lipinski definition) is 7. The summed E-state index contributed by atoms with van der Waals surface area (Å²) in [4.78, 5) is 13.9. The molecular formula is C28H34ClN8P. The minimum Gasteiger partial charge on any atom is -0.355 e. The van der Waals surface area contributed by atoms with E-state index in [1.807, 2.05) is 17.8 Å². The van der Waals surface area contributed by atoms with Crippen LogP contribution in [0.4, 0.5) is 29.0 Å². The molecule has 2 fully saturated rings. The molecule has 2 aliphatic rings. The summed E-state index contributed by atoms with van der Waals surface area (Å²) in [7, 11) is 6.13. The Bertz CT molecular complexity index is 1490. The van der Waals surface area contributed by atoms with Crippen molar-refractivity contribution in [3.63, 3.8) is 0 Å². The SMILES string of the molecule is CN(C)C1CC2(C1)CN(c1c3ccc(Nc4ncc(Cl)c(Nc5ccccc5P(C)C)n4)cc3nn1C)C2. The maximum atomic E-state index is 6.46. The summed E-state index contributed by atoms with van der Waals surface area (Å²) in [6, 6.07) is 15.3. The monoisotopic (exact) mass is 548 g/mol. The summed E-state index contributed by atoms with van der Waals surface area (Å²) in [6.07, 6.45) is 4.21. The van der Waals surface area contributed by atoms with Crippen molar-refractivity contribution in [3.8, 4) is 0 Å². The first kappa shape index (κ1) is 25.4. The van der Waals surface area contributed by atoms with Gasteiger partial charge in [0, 0.05) is 48.4 Å². The van der Waals surface area contributed by atoms with E-state index in [0.717, 1.165) is 36.0 Å². The third-order valence-electron chi connectivity index (χ3n) is 7.86. The summed E-state index contributed by atoms with van der Waals surface area (Å²) in [6.45, 7) is 6.69. The topological polar surface area (TPSA) is 74.1 Å². The third-order valence-corrected chi connectivity index (χ3v) is 9.49. The summed E-state index contributed by atoms with van der Waals surface area (Å²) in [5, 5.41) is 14.5. The first-order chi connectivity index (χ1) is 18.2. The second-order valence-electron chi connectivity index (χ2n) is 11.1. The number of aromatic nitrogens is 4. The Kier molecular flexibility index (Phi) is 6.45. The average molecular weight is 549 g/mol. The maximum Gasteiger partial charge on any atom is 0.229 e. The molecule has 198 valence electrons. The molecule has 10 heteroatoms. The standard InChI is InChI=1S/C28H34ClN8P/c1-35(2)19-13-28(14-19)16-37(17-28)26-20-11-10-18(12-23(20)34-36(26)3)31-27-30-15-21(29)25(33-27)32-22-8-6-7-9-24(22)38(4)5/h6-12,15,19H,13-14,16-17H2,1-5H3,(H2,30,31,32,33). The number of benzene rings is 2. The number of nitrogens with one attached hydrogen (secondary N) is 2. The van der Waals surface area contributed by atoms with Crippen molar-refractivity contribution in [1.29, 1.82) is 0 Å². The van der Waals surface area contributed by atoms with E-state index in [1.165, 1.54) is 29.4 Å². The Balaban J connectivity index is 1.19. The van der Waals surface area contributed by atoms with Gasteiger partial charge >= 0.3 is 0 Å². The Morgan fingerprint density at radius 2 is 1.84 bits per heavy atom. The molecule has 1 saturated carbocycles. The van der Waals surface area contributed by atoms with E-state index in [0.29, 0.717) is 22.2 Å². The Hall–Kier alpha value is -2.93. The first-order valence-corrected chi connectivity index (χ1v) is 15.5. The van der Waals surface area contributed by atoms with Gasteiger partial charge in [-0.05, 0) is 69.8 Å². The van der Waals surface area contributed by atoms with Crippen LogP contribution in [0.2, 0.25) is 5.02 Å². The molecular weight excluding hydrogens is 515 g/mol. The zero-order chi connectivity index (χ0) is 26.6. The predicted molar refractivity (Wildman–Crippen MR) is 161 cm³/mol. The molecule has 2 aromatic heterocycles. The van der Waals surface area contributed by atoms with Gasteiger partial charge < -0.3 is 20.4 Å². The van der Waals surface area contributed by atoms with E-state index >= 15 is 0 Å². The van der Waals surface area contributed by atoms with E-state index in [9.17, 15) is 0 Å². The Morgan fingerprint density at radius 3 is 2.58 bits per heavy atom. The van der Waals surface area contributed by atoms with Gasteiger partial charge in [-0.1, -0.05) is 37.7 Å². The fourth-order valence-corrected chi connectivity index (χ4v) is 6.99. The van der Waals surface area contributed by atoms with Crippen molar-refractivity contribution >= 4 is 64.7 Å². The molecule has 0 atom stereocenters. The van der Waals surface area contributed by atoms with Crippen molar-refractivity contribution in [1.82, 2.24) is 24.6 Å². The van der Waals surface area contributed by atoms with E-state index in [4.69, 9.17) is 16.7 Å². The normalized spacial score (nSPS) is 16.8. The molecule has 3 heterocycles. The highest BCUT2D eigenvalue weighted by Gasteiger charge is 2.53. The number of nitrogens with zero attached hydrogens (tertiary/aromatic N) is 6. The number of anilines is 5. The highest BCUT2D eigenvalue weighted by atomic mass is 35.5. The molecule has 4 aromatic rings.